The highest BCUT2D eigenvalue weighted by Crippen LogP contribution is 2.22. The van der Waals surface area contributed by atoms with Crippen molar-refractivity contribution in [2.45, 2.75) is 20.8 Å². The van der Waals surface area contributed by atoms with Crippen LogP contribution in [0.4, 0.5) is 4.39 Å². The van der Waals surface area contributed by atoms with Crippen molar-refractivity contribution in [3.05, 3.63) is 42.1 Å². The molecule has 1 heteroatoms. The predicted octanol–water partition coefficient (Wildman–Crippen LogP) is 3.42. The first kappa shape index (κ1) is 9.24. The second kappa shape index (κ2) is 3.26. The van der Waals surface area contributed by atoms with E-state index in [2.05, 4.69) is 27.2 Å². The maximum atomic E-state index is 12.5. The Morgan fingerprint density at radius 2 is 1.58 bits per heavy atom. The van der Waals surface area contributed by atoms with E-state index >= 15 is 0 Å². The van der Waals surface area contributed by atoms with Crippen LogP contribution in [0.25, 0.3) is 0 Å². The Labute approximate surface area is 73.4 Å². The second-order valence-electron chi connectivity index (χ2n) is 4.06. The summed E-state index contributed by atoms with van der Waals surface area (Å²) in [6.45, 7) is 6.36. The van der Waals surface area contributed by atoms with E-state index in [1.54, 1.807) is 12.1 Å². The molecule has 0 bridgehead atoms. The third-order valence-electron chi connectivity index (χ3n) is 1.47. The fourth-order valence-corrected chi connectivity index (χ4v) is 1.06. The summed E-state index contributed by atoms with van der Waals surface area (Å²) in [5, 5.41) is 0. The summed E-state index contributed by atoms with van der Waals surface area (Å²) in [6, 6.07) is 6.55. The summed E-state index contributed by atoms with van der Waals surface area (Å²) in [4.78, 5) is 0. The van der Waals surface area contributed by atoms with Gasteiger partial charge in [0.05, 0.1) is 0 Å². The molecule has 1 aromatic carbocycles. The zero-order valence-electron chi connectivity index (χ0n) is 7.76. The summed E-state index contributed by atoms with van der Waals surface area (Å²) in [7, 11) is 0. The Balaban J connectivity index is 2.71. The molecule has 0 heterocycles. The van der Waals surface area contributed by atoms with Crippen molar-refractivity contribution >= 4 is 0 Å². The highest BCUT2D eigenvalue weighted by atomic mass is 19.1. The van der Waals surface area contributed by atoms with Gasteiger partial charge in [-0.2, -0.15) is 0 Å². The molecule has 0 N–H and O–H groups in total. The van der Waals surface area contributed by atoms with E-state index in [4.69, 9.17) is 0 Å². The molecule has 0 atom stereocenters. The van der Waals surface area contributed by atoms with Crippen molar-refractivity contribution in [2.24, 2.45) is 5.41 Å². The molecule has 0 aliphatic heterocycles. The minimum absolute atomic E-state index is 0.151. The molecule has 0 saturated heterocycles. The first-order chi connectivity index (χ1) is 5.47. The van der Waals surface area contributed by atoms with Crippen LogP contribution in [0.15, 0.2) is 24.3 Å². The van der Waals surface area contributed by atoms with Crippen LogP contribution < -0.4 is 0 Å². The van der Waals surface area contributed by atoms with Gasteiger partial charge in [0.25, 0.3) is 0 Å². The molecule has 1 radical (unpaired) electrons. The van der Waals surface area contributed by atoms with E-state index in [9.17, 15) is 4.39 Å². The van der Waals surface area contributed by atoms with Gasteiger partial charge in [-0.3, -0.25) is 0 Å². The van der Waals surface area contributed by atoms with Gasteiger partial charge in [0.15, 0.2) is 0 Å². The van der Waals surface area contributed by atoms with Gasteiger partial charge in [-0.1, -0.05) is 32.9 Å². The van der Waals surface area contributed by atoms with Crippen molar-refractivity contribution in [1.82, 2.24) is 0 Å². The maximum Gasteiger partial charge on any atom is 0.123 e. The van der Waals surface area contributed by atoms with Crippen LogP contribution in [-0.2, 0) is 0 Å². The summed E-state index contributed by atoms with van der Waals surface area (Å²) in [5.74, 6) is -0.180. The Morgan fingerprint density at radius 1 is 1.08 bits per heavy atom. The Hall–Kier alpha value is -0.850. The predicted molar refractivity (Wildman–Crippen MR) is 49.3 cm³/mol. The molecule has 65 valence electrons. The van der Waals surface area contributed by atoms with Gasteiger partial charge >= 0.3 is 0 Å². The standard InChI is InChI=1S/C11H14F/c1-11(2,3)8-9-4-6-10(12)7-5-9/h4-8H,1-3H3. The number of rotatable bonds is 1. The van der Waals surface area contributed by atoms with Gasteiger partial charge in [-0.05, 0) is 29.5 Å². The minimum Gasteiger partial charge on any atom is -0.207 e. The Morgan fingerprint density at radius 3 is 2.00 bits per heavy atom. The van der Waals surface area contributed by atoms with Crippen molar-refractivity contribution in [1.29, 1.82) is 0 Å². The monoisotopic (exact) mass is 165 g/mol. The van der Waals surface area contributed by atoms with Gasteiger partial charge in [0, 0.05) is 0 Å². The van der Waals surface area contributed by atoms with E-state index < -0.39 is 0 Å². The third-order valence-corrected chi connectivity index (χ3v) is 1.47. The van der Waals surface area contributed by atoms with E-state index in [0.717, 1.165) is 5.56 Å². The topological polar surface area (TPSA) is 0 Å². The van der Waals surface area contributed by atoms with Crippen molar-refractivity contribution < 1.29 is 4.39 Å². The number of benzene rings is 1. The second-order valence-corrected chi connectivity index (χ2v) is 4.06. The molecule has 0 unspecified atom stereocenters. The fourth-order valence-electron chi connectivity index (χ4n) is 1.06. The summed E-state index contributed by atoms with van der Waals surface area (Å²) >= 11 is 0. The first-order valence-electron chi connectivity index (χ1n) is 4.09. The van der Waals surface area contributed by atoms with Gasteiger partial charge in [-0.25, -0.2) is 4.39 Å². The molecule has 0 aromatic heterocycles. The average Bonchev–Trinajstić information content (AvgIpc) is 1.91. The highest BCUT2D eigenvalue weighted by molar-refractivity contribution is 5.25. The van der Waals surface area contributed by atoms with Crippen LogP contribution in [-0.4, -0.2) is 0 Å². The van der Waals surface area contributed by atoms with Crippen LogP contribution in [0.1, 0.15) is 26.3 Å². The van der Waals surface area contributed by atoms with Gasteiger partial charge in [0.2, 0.25) is 0 Å². The molecule has 0 aliphatic carbocycles. The van der Waals surface area contributed by atoms with Crippen molar-refractivity contribution in [3.63, 3.8) is 0 Å². The summed E-state index contributed by atoms with van der Waals surface area (Å²) < 4.78 is 12.5. The third kappa shape index (κ3) is 3.04. The molecule has 0 saturated carbocycles. The maximum absolute atomic E-state index is 12.5. The smallest absolute Gasteiger partial charge is 0.123 e. The van der Waals surface area contributed by atoms with Gasteiger partial charge in [0.1, 0.15) is 5.82 Å². The highest BCUT2D eigenvalue weighted by Gasteiger charge is 2.11. The van der Waals surface area contributed by atoms with E-state index in [0.29, 0.717) is 0 Å². The van der Waals surface area contributed by atoms with Crippen LogP contribution in [0, 0.1) is 17.7 Å². The van der Waals surface area contributed by atoms with Gasteiger partial charge < -0.3 is 0 Å². The zero-order chi connectivity index (χ0) is 9.19. The lowest BCUT2D eigenvalue weighted by atomic mass is 9.88. The fraction of sp³-hybridized carbons (Fsp3) is 0.364. The number of halogens is 1. The van der Waals surface area contributed by atoms with Crippen molar-refractivity contribution in [3.8, 4) is 0 Å². The Bertz CT molecular complexity index is 241. The zero-order valence-corrected chi connectivity index (χ0v) is 7.76. The van der Waals surface area contributed by atoms with Crippen LogP contribution >= 0.6 is 0 Å². The Kier molecular flexibility index (Phi) is 2.51. The van der Waals surface area contributed by atoms with Crippen LogP contribution in [0.3, 0.4) is 0 Å². The molecule has 0 amide bonds. The van der Waals surface area contributed by atoms with Crippen molar-refractivity contribution in [2.75, 3.05) is 0 Å². The molecule has 1 rings (SSSR count). The lowest BCUT2D eigenvalue weighted by Crippen LogP contribution is -2.06. The number of hydrogen-bond donors (Lipinski definition) is 0. The molecule has 1 aromatic rings. The summed E-state index contributed by atoms with van der Waals surface area (Å²) in [6.07, 6.45) is 2.12. The average molecular weight is 165 g/mol. The normalized spacial score (nSPS) is 11.7. The SMILES string of the molecule is CC(C)(C)[CH]c1ccc(F)cc1. The quantitative estimate of drug-likeness (QED) is 0.598. The van der Waals surface area contributed by atoms with E-state index in [-0.39, 0.29) is 11.2 Å². The molecule has 0 aliphatic rings. The molecule has 0 fully saturated rings. The molecular weight excluding hydrogens is 151 g/mol. The molecule has 0 nitrogen and oxygen atoms in total. The first-order valence-corrected chi connectivity index (χ1v) is 4.09. The molecule has 12 heavy (non-hydrogen) atoms. The number of hydrogen-bond acceptors (Lipinski definition) is 0. The van der Waals surface area contributed by atoms with Crippen LogP contribution in [0.2, 0.25) is 0 Å². The lowest BCUT2D eigenvalue weighted by molar-refractivity contribution is 0.505. The van der Waals surface area contributed by atoms with Crippen LogP contribution in [0.5, 0.6) is 0 Å². The lowest BCUT2D eigenvalue weighted by Gasteiger charge is -2.17. The molecule has 0 spiro atoms. The molecular formula is C11H14F. The minimum atomic E-state index is -0.180. The van der Waals surface area contributed by atoms with E-state index in [1.807, 2.05) is 0 Å². The van der Waals surface area contributed by atoms with Gasteiger partial charge in [-0.15, -0.1) is 0 Å². The largest absolute Gasteiger partial charge is 0.207 e. The summed E-state index contributed by atoms with van der Waals surface area (Å²) in [5.41, 5.74) is 1.22. The van der Waals surface area contributed by atoms with E-state index in [1.165, 1.54) is 12.1 Å².